The van der Waals surface area contributed by atoms with E-state index in [1.165, 1.54) is 32.5 Å². The van der Waals surface area contributed by atoms with Gasteiger partial charge in [0.05, 0.1) is 26.1 Å². The summed E-state index contributed by atoms with van der Waals surface area (Å²) in [6, 6.07) is 4.53. The second-order valence-electron chi connectivity index (χ2n) is 3.73. The Labute approximate surface area is 104 Å². The van der Waals surface area contributed by atoms with E-state index in [0.717, 1.165) is 5.56 Å². The Morgan fingerprint density at radius 3 is 2.50 bits per heavy atom. The van der Waals surface area contributed by atoms with Crippen LogP contribution in [-0.4, -0.2) is 24.2 Å². The van der Waals surface area contributed by atoms with Crippen LogP contribution in [0.5, 0.6) is 11.8 Å². The molecule has 94 valence electrons. The van der Waals surface area contributed by atoms with Crippen LogP contribution in [0.2, 0.25) is 0 Å². The Balaban J connectivity index is 2.54. The zero-order chi connectivity index (χ0) is 13.1. The van der Waals surface area contributed by atoms with Crippen molar-refractivity contribution in [3.8, 4) is 23.0 Å². The Morgan fingerprint density at radius 2 is 1.83 bits per heavy atom. The maximum Gasteiger partial charge on any atom is 0.278 e. The highest BCUT2D eigenvalue weighted by Gasteiger charge is 2.11. The van der Waals surface area contributed by atoms with Gasteiger partial charge in [-0.3, -0.25) is 0 Å². The van der Waals surface area contributed by atoms with Gasteiger partial charge < -0.3 is 9.47 Å². The van der Waals surface area contributed by atoms with Gasteiger partial charge in [-0.05, 0) is 24.6 Å². The third-order valence-electron chi connectivity index (χ3n) is 2.57. The molecule has 1 heterocycles. The molecule has 1 aromatic carbocycles. The quantitative estimate of drug-likeness (QED) is 0.837. The lowest BCUT2D eigenvalue weighted by atomic mass is 10.1. The molecule has 2 aromatic rings. The fourth-order valence-corrected chi connectivity index (χ4v) is 1.63. The van der Waals surface area contributed by atoms with Crippen LogP contribution in [0.1, 0.15) is 5.56 Å². The molecule has 0 atom stereocenters. The number of ether oxygens (including phenoxy) is 2. The van der Waals surface area contributed by atoms with Crippen molar-refractivity contribution in [2.45, 2.75) is 6.92 Å². The second kappa shape index (κ2) is 5.00. The van der Waals surface area contributed by atoms with E-state index in [1.807, 2.05) is 6.92 Å². The fourth-order valence-electron chi connectivity index (χ4n) is 1.63. The molecular weight excluding hydrogens is 235 g/mol. The van der Waals surface area contributed by atoms with Crippen molar-refractivity contribution in [3.05, 3.63) is 35.8 Å². The molecule has 0 aliphatic heterocycles. The monoisotopic (exact) mass is 248 g/mol. The predicted octanol–water partition coefficient (Wildman–Crippen LogP) is 2.61. The van der Waals surface area contributed by atoms with Crippen molar-refractivity contribution in [2.24, 2.45) is 0 Å². The molecule has 2 rings (SSSR count). The van der Waals surface area contributed by atoms with Gasteiger partial charge in [-0.2, -0.15) is 0 Å². The van der Waals surface area contributed by atoms with Crippen LogP contribution in [0.4, 0.5) is 4.39 Å². The number of nitrogens with zero attached hydrogens (tertiary/aromatic N) is 2. The van der Waals surface area contributed by atoms with Crippen LogP contribution >= 0.6 is 0 Å². The minimum atomic E-state index is -0.313. The van der Waals surface area contributed by atoms with Crippen LogP contribution in [0, 0.1) is 12.7 Å². The van der Waals surface area contributed by atoms with Gasteiger partial charge in [-0.25, -0.2) is 14.4 Å². The molecule has 0 aliphatic carbocycles. The molecule has 0 amide bonds. The summed E-state index contributed by atoms with van der Waals surface area (Å²) in [5.74, 6) is 0.265. The van der Waals surface area contributed by atoms with Gasteiger partial charge in [0.15, 0.2) is 0 Å². The van der Waals surface area contributed by atoms with E-state index in [9.17, 15) is 4.39 Å². The molecule has 0 spiro atoms. The summed E-state index contributed by atoms with van der Waals surface area (Å²) in [5.41, 5.74) is 2.14. The SMILES string of the molecule is COc1ncc(-c2cc(F)ccc2C)nc1OC. The Morgan fingerprint density at radius 1 is 1.11 bits per heavy atom. The molecule has 4 nitrogen and oxygen atoms in total. The van der Waals surface area contributed by atoms with E-state index in [-0.39, 0.29) is 11.7 Å². The Kier molecular flexibility index (Phi) is 3.41. The number of halogens is 1. The van der Waals surface area contributed by atoms with E-state index in [4.69, 9.17) is 9.47 Å². The molecule has 0 N–H and O–H groups in total. The molecule has 18 heavy (non-hydrogen) atoms. The van der Waals surface area contributed by atoms with Gasteiger partial charge in [-0.15, -0.1) is 0 Å². The second-order valence-corrected chi connectivity index (χ2v) is 3.73. The molecule has 5 heteroatoms. The van der Waals surface area contributed by atoms with E-state index >= 15 is 0 Å². The maximum absolute atomic E-state index is 13.3. The van der Waals surface area contributed by atoms with Crippen LogP contribution in [-0.2, 0) is 0 Å². The molecule has 0 unspecified atom stereocenters. The first kappa shape index (κ1) is 12.3. The number of rotatable bonds is 3. The first-order valence-corrected chi connectivity index (χ1v) is 5.37. The summed E-state index contributed by atoms with van der Waals surface area (Å²) in [4.78, 5) is 8.34. The zero-order valence-electron chi connectivity index (χ0n) is 10.4. The lowest BCUT2D eigenvalue weighted by molar-refractivity contribution is 0.332. The van der Waals surface area contributed by atoms with Crippen LogP contribution in [0.15, 0.2) is 24.4 Å². The van der Waals surface area contributed by atoms with E-state index < -0.39 is 0 Å². The summed E-state index contributed by atoms with van der Waals surface area (Å²) in [5, 5.41) is 0. The molecule has 0 fully saturated rings. The van der Waals surface area contributed by atoms with Crippen molar-refractivity contribution >= 4 is 0 Å². The average Bonchev–Trinajstić information content (AvgIpc) is 2.40. The normalized spacial score (nSPS) is 10.2. The summed E-state index contributed by atoms with van der Waals surface area (Å²) in [6.45, 7) is 1.88. The molecule has 0 saturated heterocycles. The number of hydrogen-bond donors (Lipinski definition) is 0. The van der Waals surface area contributed by atoms with Crippen molar-refractivity contribution in [1.29, 1.82) is 0 Å². The topological polar surface area (TPSA) is 44.2 Å². The highest BCUT2D eigenvalue weighted by Crippen LogP contribution is 2.27. The molecular formula is C13H13FN2O2. The van der Waals surface area contributed by atoms with Crippen molar-refractivity contribution in [3.63, 3.8) is 0 Å². The fraction of sp³-hybridized carbons (Fsp3) is 0.231. The molecule has 0 saturated carbocycles. The van der Waals surface area contributed by atoms with E-state index in [2.05, 4.69) is 9.97 Å². The molecule has 0 bridgehead atoms. The maximum atomic E-state index is 13.3. The lowest BCUT2D eigenvalue weighted by Gasteiger charge is -2.09. The highest BCUT2D eigenvalue weighted by molar-refractivity contribution is 5.63. The first-order valence-electron chi connectivity index (χ1n) is 5.37. The Bertz CT molecular complexity index is 573. The smallest absolute Gasteiger partial charge is 0.278 e. The number of aryl methyl sites for hydroxylation is 1. The van der Waals surface area contributed by atoms with Crippen LogP contribution < -0.4 is 9.47 Å². The summed E-state index contributed by atoms with van der Waals surface area (Å²) < 4.78 is 23.3. The van der Waals surface area contributed by atoms with Gasteiger partial charge in [0.25, 0.3) is 11.8 Å². The van der Waals surface area contributed by atoms with E-state index in [1.54, 1.807) is 6.07 Å². The number of benzene rings is 1. The minimum Gasteiger partial charge on any atom is -0.477 e. The highest BCUT2D eigenvalue weighted by atomic mass is 19.1. The van der Waals surface area contributed by atoms with Gasteiger partial charge >= 0.3 is 0 Å². The van der Waals surface area contributed by atoms with Crippen molar-refractivity contribution < 1.29 is 13.9 Å². The average molecular weight is 248 g/mol. The third-order valence-corrected chi connectivity index (χ3v) is 2.57. The van der Waals surface area contributed by atoms with Crippen LogP contribution in [0.25, 0.3) is 11.3 Å². The molecule has 1 aromatic heterocycles. The summed E-state index contributed by atoms with van der Waals surface area (Å²) >= 11 is 0. The van der Waals surface area contributed by atoms with Gasteiger partial charge in [0.1, 0.15) is 5.82 Å². The number of methoxy groups -OCH3 is 2. The molecule has 0 aliphatic rings. The molecule has 0 radical (unpaired) electrons. The largest absolute Gasteiger partial charge is 0.477 e. The van der Waals surface area contributed by atoms with Crippen LogP contribution in [0.3, 0.4) is 0 Å². The van der Waals surface area contributed by atoms with Crippen molar-refractivity contribution in [2.75, 3.05) is 14.2 Å². The van der Waals surface area contributed by atoms with E-state index in [0.29, 0.717) is 17.1 Å². The van der Waals surface area contributed by atoms with Crippen molar-refractivity contribution in [1.82, 2.24) is 9.97 Å². The predicted molar refractivity (Wildman–Crippen MR) is 65.3 cm³/mol. The third kappa shape index (κ3) is 2.25. The number of aromatic nitrogens is 2. The first-order chi connectivity index (χ1) is 8.65. The van der Waals surface area contributed by atoms with Gasteiger partial charge in [-0.1, -0.05) is 6.07 Å². The summed E-state index contributed by atoms with van der Waals surface area (Å²) in [7, 11) is 2.97. The lowest BCUT2D eigenvalue weighted by Crippen LogP contribution is -1.98. The Hall–Kier alpha value is -2.17. The zero-order valence-corrected chi connectivity index (χ0v) is 10.4. The van der Waals surface area contributed by atoms with Gasteiger partial charge in [0, 0.05) is 5.56 Å². The standard InChI is InChI=1S/C13H13FN2O2/c1-8-4-5-9(14)6-10(8)11-7-15-12(17-2)13(16-11)18-3/h4-7H,1-3H3. The number of hydrogen-bond acceptors (Lipinski definition) is 4. The summed E-state index contributed by atoms with van der Waals surface area (Å²) in [6.07, 6.45) is 1.53. The minimum absolute atomic E-state index is 0.277. The van der Waals surface area contributed by atoms with Gasteiger partial charge in [0.2, 0.25) is 0 Å².